The molecule has 1 unspecified atom stereocenters. The maximum Gasteiger partial charge on any atom is 0.321 e. The minimum atomic E-state index is -0.646. The zero-order valence-corrected chi connectivity index (χ0v) is 8.39. The maximum absolute atomic E-state index is 11.4. The van der Waals surface area contributed by atoms with Crippen molar-refractivity contribution >= 4 is 17.9 Å². The van der Waals surface area contributed by atoms with Gasteiger partial charge in [0.1, 0.15) is 12.4 Å². The van der Waals surface area contributed by atoms with Gasteiger partial charge in [-0.15, -0.1) is 5.10 Å². The number of carbonyl (C=O) groups excluding carboxylic acids is 2. The van der Waals surface area contributed by atoms with Crippen LogP contribution in [0.3, 0.4) is 0 Å². The monoisotopic (exact) mass is 212 g/mol. The topological polar surface area (TPSA) is 115 Å². The lowest BCUT2D eigenvalue weighted by Gasteiger charge is -2.10. The molecule has 1 heterocycles. The molecule has 0 aliphatic carbocycles. The zero-order chi connectivity index (χ0) is 11.4. The SMILES string of the molecule is CNC(=O)NC(=O)C(C)n1cnc(N)n1. The van der Waals surface area contributed by atoms with Crippen LogP contribution in [0.4, 0.5) is 10.7 Å². The Morgan fingerprint density at radius 2 is 2.27 bits per heavy atom. The molecule has 1 aromatic heterocycles. The summed E-state index contributed by atoms with van der Waals surface area (Å²) >= 11 is 0. The first-order chi connectivity index (χ1) is 7.04. The van der Waals surface area contributed by atoms with Crippen molar-refractivity contribution < 1.29 is 9.59 Å². The van der Waals surface area contributed by atoms with Gasteiger partial charge in [0.25, 0.3) is 5.91 Å². The maximum atomic E-state index is 11.4. The minimum absolute atomic E-state index is 0.0783. The summed E-state index contributed by atoms with van der Waals surface area (Å²) in [5.41, 5.74) is 5.29. The van der Waals surface area contributed by atoms with Crippen LogP contribution >= 0.6 is 0 Å². The van der Waals surface area contributed by atoms with Gasteiger partial charge in [-0.25, -0.2) is 14.5 Å². The summed E-state index contributed by atoms with van der Waals surface area (Å²) in [5, 5.41) is 8.14. The van der Waals surface area contributed by atoms with Crippen LogP contribution in [0, 0.1) is 0 Å². The van der Waals surface area contributed by atoms with E-state index in [0.717, 1.165) is 0 Å². The van der Waals surface area contributed by atoms with Gasteiger partial charge in [0.2, 0.25) is 5.95 Å². The van der Waals surface area contributed by atoms with Gasteiger partial charge < -0.3 is 11.1 Å². The van der Waals surface area contributed by atoms with E-state index in [2.05, 4.69) is 20.7 Å². The average Bonchev–Trinajstić information content (AvgIpc) is 2.63. The molecule has 0 saturated heterocycles. The summed E-state index contributed by atoms with van der Waals surface area (Å²) in [6.07, 6.45) is 1.32. The molecule has 82 valence electrons. The molecule has 0 aliphatic rings. The number of anilines is 1. The highest BCUT2D eigenvalue weighted by Gasteiger charge is 2.17. The van der Waals surface area contributed by atoms with Crippen LogP contribution in [0.15, 0.2) is 6.33 Å². The summed E-state index contributed by atoms with van der Waals surface area (Å²) in [5.74, 6) is -0.408. The van der Waals surface area contributed by atoms with Gasteiger partial charge >= 0.3 is 6.03 Å². The van der Waals surface area contributed by atoms with Gasteiger partial charge in [0, 0.05) is 7.05 Å². The van der Waals surface area contributed by atoms with E-state index in [0.29, 0.717) is 0 Å². The van der Waals surface area contributed by atoms with E-state index in [1.807, 2.05) is 0 Å². The van der Waals surface area contributed by atoms with Gasteiger partial charge in [0.15, 0.2) is 0 Å². The van der Waals surface area contributed by atoms with Crippen molar-refractivity contribution in [1.82, 2.24) is 25.4 Å². The second kappa shape index (κ2) is 4.40. The van der Waals surface area contributed by atoms with E-state index >= 15 is 0 Å². The van der Waals surface area contributed by atoms with E-state index in [1.54, 1.807) is 6.92 Å². The molecular formula is C7H12N6O2. The van der Waals surface area contributed by atoms with Crippen molar-refractivity contribution in [3.05, 3.63) is 6.33 Å². The quantitative estimate of drug-likeness (QED) is 0.574. The molecule has 0 aliphatic heterocycles. The third-order valence-electron chi connectivity index (χ3n) is 1.77. The van der Waals surface area contributed by atoms with Gasteiger partial charge in [0.05, 0.1) is 0 Å². The molecule has 0 spiro atoms. The number of nitrogens with two attached hydrogens (primary N) is 1. The molecule has 1 atom stereocenters. The standard InChI is InChI=1S/C7H12N6O2/c1-4(5(14)11-7(15)9-2)13-3-10-6(8)12-13/h3-4H,1-2H3,(H2,8,12)(H2,9,11,14,15). The Balaban J connectivity index is 2.64. The summed E-state index contributed by atoms with van der Waals surface area (Å²) in [6, 6.07) is -1.22. The van der Waals surface area contributed by atoms with Gasteiger partial charge in [-0.3, -0.25) is 10.1 Å². The highest BCUT2D eigenvalue weighted by atomic mass is 16.2. The summed E-state index contributed by atoms with van der Waals surface area (Å²) in [7, 11) is 1.42. The Labute approximate surface area is 85.8 Å². The molecule has 1 aromatic rings. The molecule has 0 radical (unpaired) electrons. The molecule has 1 rings (SSSR count). The van der Waals surface area contributed by atoms with Crippen LogP contribution in [0.25, 0.3) is 0 Å². The van der Waals surface area contributed by atoms with Crippen molar-refractivity contribution in [2.24, 2.45) is 0 Å². The van der Waals surface area contributed by atoms with Crippen LogP contribution in [-0.2, 0) is 4.79 Å². The number of nitrogens with zero attached hydrogens (tertiary/aromatic N) is 3. The molecule has 4 N–H and O–H groups in total. The number of carbonyl (C=O) groups is 2. The molecule has 3 amide bonds. The van der Waals surface area contributed by atoms with Crippen LogP contribution in [0.1, 0.15) is 13.0 Å². The fourth-order valence-electron chi connectivity index (χ4n) is 0.874. The second-order valence-electron chi connectivity index (χ2n) is 2.83. The van der Waals surface area contributed by atoms with Crippen molar-refractivity contribution in [1.29, 1.82) is 0 Å². The number of urea groups is 1. The Morgan fingerprint density at radius 3 is 2.73 bits per heavy atom. The molecule has 0 fully saturated rings. The highest BCUT2D eigenvalue weighted by Crippen LogP contribution is 2.03. The lowest BCUT2D eigenvalue weighted by Crippen LogP contribution is -2.40. The lowest BCUT2D eigenvalue weighted by atomic mass is 10.3. The van der Waals surface area contributed by atoms with Crippen molar-refractivity contribution in [2.75, 3.05) is 12.8 Å². The summed E-state index contributed by atoms with van der Waals surface area (Å²) < 4.78 is 1.27. The summed E-state index contributed by atoms with van der Waals surface area (Å²) in [4.78, 5) is 25.9. The van der Waals surface area contributed by atoms with Crippen LogP contribution in [-0.4, -0.2) is 33.8 Å². The molecule has 0 saturated carbocycles. The molecular weight excluding hydrogens is 200 g/mol. The fraction of sp³-hybridized carbons (Fsp3) is 0.429. The van der Waals surface area contributed by atoms with Crippen molar-refractivity contribution in [2.45, 2.75) is 13.0 Å². The van der Waals surface area contributed by atoms with Gasteiger partial charge in [-0.2, -0.15) is 0 Å². The average molecular weight is 212 g/mol. The third-order valence-corrected chi connectivity index (χ3v) is 1.77. The zero-order valence-electron chi connectivity index (χ0n) is 8.39. The van der Waals surface area contributed by atoms with Gasteiger partial charge in [-0.05, 0) is 6.92 Å². The molecule has 15 heavy (non-hydrogen) atoms. The minimum Gasteiger partial charge on any atom is -0.367 e. The van der Waals surface area contributed by atoms with E-state index in [1.165, 1.54) is 18.1 Å². The van der Waals surface area contributed by atoms with E-state index < -0.39 is 18.0 Å². The lowest BCUT2D eigenvalue weighted by molar-refractivity contribution is -0.123. The van der Waals surface area contributed by atoms with Crippen molar-refractivity contribution in [3.63, 3.8) is 0 Å². The van der Waals surface area contributed by atoms with Gasteiger partial charge in [-0.1, -0.05) is 0 Å². The summed E-state index contributed by atoms with van der Waals surface area (Å²) in [6.45, 7) is 1.58. The molecule has 0 aromatic carbocycles. The molecule has 0 bridgehead atoms. The highest BCUT2D eigenvalue weighted by molar-refractivity contribution is 5.95. The smallest absolute Gasteiger partial charge is 0.321 e. The number of nitrogen functional groups attached to an aromatic ring is 1. The first-order valence-corrected chi connectivity index (χ1v) is 4.23. The Kier molecular flexibility index (Phi) is 3.21. The number of imide groups is 1. The Morgan fingerprint density at radius 1 is 1.60 bits per heavy atom. The Bertz CT molecular complexity index is 373. The number of rotatable bonds is 2. The third kappa shape index (κ3) is 2.66. The number of amides is 3. The number of aromatic nitrogens is 3. The first-order valence-electron chi connectivity index (χ1n) is 4.23. The predicted molar refractivity (Wildman–Crippen MR) is 51.7 cm³/mol. The predicted octanol–water partition coefficient (Wildman–Crippen LogP) is -1.12. The van der Waals surface area contributed by atoms with Crippen LogP contribution in [0.2, 0.25) is 0 Å². The molecule has 8 nitrogen and oxygen atoms in total. The van der Waals surface area contributed by atoms with Crippen LogP contribution < -0.4 is 16.4 Å². The fourth-order valence-corrected chi connectivity index (χ4v) is 0.874. The number of nitrogens with one attached hydrogen (secondary N) is 2. The van der Waals surface area contributed by atoms with Crippen LogP contribution in [0.5, 0.6) is 0 Å². The largest absolute Gasteiger partial charge is 0.367 e. The molecule has 8 heteroatoms. The first kappa shape index (κ1) is 11.0. The normalized spacial score (nSPS) is 11.9. The van der Waals surface area contributed by atoms with E-state index in [-0.39, 0.29) is 5.95 Å². The van der Waals surface area contributed by atoms with Crippen molar-refractivity contribution in [3.8, 4) is 0 Å². The number of hydrogen-bond acceptors (Lipinski definition) is 5. The van der Waals surface area contributed by atoms with E-state index in [9.17, 15) is 9.59 Å². The Hall–Kier alpha value is -2.12. The second-order valence-corrected chi connectivity index (χ2v) is 2.83. The van der Waals surface area contributed by atoms with E-state index in [4.69, 9.17) is 5.73 Å². The number of hydrogen-bond donors (Lipinski definition) is 3.